The van der Waals surface area contributed by atoms with Gasteiger partial charge in [-0.3, -0.25) is 4.79 Å². The Kier molecular flexibility index (Phi) is 4.17. The molecule has 0 saturated heterocycles. The van der Waals surface area contributed by atoms with Crippen molar-refractivity contribution in [3.05, 3.63) is 47.5 Å². The van der Waals surface area contributed by atoms with Crippen molar-refractivity contribution in [2.75, 3.05) is 0 Å². The molecule has 0 saturated carbocycles. The second-order valence-corrected chi connectivity index (χ2v) is 8.44. The molecule has 0 unspecified atom stereocenters. The lowest BCUT2D eigenvalue weighted by molar-refractivity contribution is -0.138. The molecule has 1 heterocycles. The number of thiazole rings is 1. The fourth-order valence-corrected chi connectivity index (χ4v) is 4.33. The van der Waals surface area contributed by atoms with Crippen molar-refractivity contribution in [2.24, 2.45) is 0 Å². The largest absolute Gasteiger partial charge is 0.480 e. The van der Waals surface area contributed by atoms with E-state index in [1.807, 2.05) is 17.6 Å². The van der Waals surface area contributed by atoms with Crippen LogP contribution in [0.15, 0.2) is 46.8 Å². The molecule has 0 aliphatic heterocycles. The molecule has 2 aromatic carbocycles. The van der Waals surface area contributed by atoms with E-state index in [-0.39, 0.29) is 0 Å². The molecule has 0 amide bonds. The highest BCUT2D eigenvalue weighted by Gasteiger charge is 2.30. The summed E-state index contributed by atoms with van der Waals surface area (Å²) in [6.45, 7) is 5.52. The molecule has 1 N–H and O–H groups in total. The third kappa shape index (κ3) is 3.12. The predicted molar refractivity (Wildman–Crippen MR) is 97.4 cm³/mol. The molecular weight excluding hydrogens is 326 g/mol. The van der Waals surface area contributed by atoms with Gasteiger partial charge in [0.25, 0.3) is 0 Å². The van der Waals surface area contributed by atoms with E-state index in [4.69, 9.17) is 0 Å². The van der Waals surface area contributed by atoms with E-state index in [1.165, 1.54) is 17.3 Å². The van der Waals surface area contributed by atoms with E-state index in [1.54, 1.807) is 25.2 Å². The Balaban J connectivity index is 2.20. The molecule has 23 heavy (non-hydrogen) atoms. The Labute approximate surface area is 143 Å². The van der Waals surface area contributed by atoms with Crippen LogP contribution in [0.2, 0.25) is 0 Å². The van der Waals surface area contributed by atoms with Crippen molar-refractivity contribution in [1.29, 1.82) is 0 Å². The van der Waals surface area contributed by atoms with Crippen molar-refractivity contribution in [3.8, 4) is 11.1 Å². The normalized spacial score (nSPS) is 11.8. The summed E-state index contributed by atoms with van der Waals surface area (Å²) in [5, 5.41) is 9.44. The number of aliphatic carboxylic acids is 1. The van der Waals surface area contributed by atoms with Crippen LogP contribution in [0.1, 0.15) is 19.4 Å². The Morgan fingerprint density at radius 1 is 1.17 bits per heavy atom. The molecular formula is C18H17NO2S2. The molecule has 3 rings (SSSR count). The van der Waals surface area contributed by atoms with Crippen molar-refractivity contribution >= 4 is 39.3 Å². The minimum atomic E-state index is -0.891. The van der Waals surface area contributed by atoms with Crippen LogP contribution in [-0.2, 0) is 4.79 Å². The Morgan fingerprint density at radius 2 is 1.87 bits per heavy atom. The topological polar surface area (TPSA) is 50.2 Å². The lowest BCUT2D eigenvalue weighted by atomic mass is 10.0. The van der Waals surface area contributed by atoms with Gasteiger partial charge in [-0.25, -0.2) is 4.98 Å². The first-order chi connectivity index (χ1) is 10.9. The summed E-state index contributed by atoms with van der Waals surface area (Å²) in [4.78, 5) is 16.9. The minimum Gasteiger partial charge on any atom is -0.480 e. The molecule has 118 valence electrons. The van der Waals surface area contributed by atoms with Crippen LogP contribution in [0.3, 0.4) is 0 Å². The molecule has 0 aliphatic carbocycles. The number of nitrogens with zero attached hydrogens (tertiary/aromatic N) is 1. The number of benzene rings is 2. The maximum Gasteiger partial charge on any atom is 0.319 e. The maximum absolute atomic E-state index is 11.5. The van der Waals surface area contributed by atoms with E-state index in [0.29, 0.717) is 0 Å². The molecule has 1 aromatic heterocycles. The van der Waals surface area contributed by atoms with Gasteiger partial charge in [-0.2, -0.15) is 0 Å². The van der Waals surface area contributed by atoms with Gasteiger partial charge in [-0.1, -0.05) is 29.8 Å². The fourth-order valence-electron chi connectivity index (χ4n) is 2.31. The number of carbonyl (C=O) groups is 1. The van der Waals surface area contributed by atoms with Gasteiger partial charge in [0.2, 0.25) is 0 Å². The van der Waals surface area contributed by atoms with Crippen molar-refractivity contribution in [1.82, 2.24) is 4.98 Å². The van der Waals surface area contributed by atoms with Crippen molar-refractivity contribution in [2.45, 2.75) is 30.4 Å². The number of carboxylic acid groups (broad SMARTS) is 1. The molecule has 0 radical (unpaired) electrons. The number of aromatic nitrogens is 1. The van der Waals surface area contributed by atoms with Crippen LogP contribution < -0.4 is 0 Å². The molecule has 0 bridgehead atoms. The third-order valence-electron chi connectivity index (χ3n) is 3.68. The van der Waals surface area contributed by atoms with Crippen molar-refractivity contribution in [3.63, 3.8) is 0 Å². The molecule has 0 atom stereocenters. The smallest absolute Gasteiger partial charge is 0.319 e. The van der Waals surface area contributed by atoms with Crippen molar-refractivity contribution < 1.29 is 9.90 Å². The molecule has 0 aliphatic rings. The number of aryl methyl sites for hydroxylation is 1. The lowest BCUT2D eigenvalue weighted by Crippen LogP contribution is -2.26. The van der Waals surface area contributed by atoms with Gasteiger partial charge in [0, 0.05) is 10.5 Å². The van der Waals surface area contributed by atoms with E-state index in [9.17, 15) is 9.90 Å². The highest BCUT2D eigenvalue weighted by molar-refractivity contribution is 8.01. The van der Waals surface area contributed by atoms with Gasteiger partial charge in [0.15, 0.2) is 0 Å². The second-order valence-electron chi connectivity index (χ2n) is 5.92. The lowest BCUT2D eigenvalue weighted by Gasteiger charge is -2.21. The van der Waals surface area contributed by atoms with Gasteiger partial charge in [0.05, 0.1) is 15.7 Å². The molecule has 3 aromatic rings. The SMILES string of the molecule is Cc1ccc(-c2c(SC(C)(C)C(=O)O)ccc3ncsc23)cc1. The summed E-state index contributed by atoms with van der Waals surface area (Å²) in [6.07, 6.45) is 0. The Hall–Kier alpha value is -1.85. The monoisotopic (exact) mass is 343 g/mol. The van der Waals surface area contributed by atoms with Crippen LogP contribution in [0.25, 0.3) is 21.3 Å². The van der Waals surface area contributed by atoms with Crippen LogP contribution in [0.4, 0.5) is 0 Å². The standard InChI is InChI=1S/C18H17NO2S2/c1-11-4-6-12(7-5-11)15-14(23-18(2,3)17(20)21)9-8-13-16(15)22-10-19-13/h4-10H,1-3H3,(H,20,21). The first kappa shape index (κ1) is 16.0. The number of hydrogen-bond donors (Lipinski definition) is 1. The van der Waals surface area contributed by atoms with E-state index < -0.39 is 10.7 Å². The van der Waals surface area contributed by atoms with Crippen LogP contribution >= 0.6 is 23.1 Å². The zero-order valence-corrected chi connectivity index (χ0v) is 14.8. The summed E-state index contributed by atoms with van der Waals surface area (Å²) in [5.41, 5.74) is 6.14. The zero-order chi connectivity index (χ0) is 16.6. The number of carboxylic acids is 1. The highest BCUT2D eigenvalue weighted by atomic mass is 32.2. The van der Waals surface area contributed by atoms with Gasteiger partial charge >= 0.3 is 5.97 Å². The summed E-state index contributed by atoms with van der Waals surface area (Å²) in [5.74, 6) is -0.818. The Bertz CT molecular complexity index is 866. The second kappa shape index (κ2) is 5.98. The minimum absolute atomic E-state index is 0.818. The first-order valence-electron chi connectivity index (χ1n) is 7.24. The zero-order valence-electron chi connectivity index (χ0n) is 13.2. The van der Waals surface area contributed by atoms with E-state index in [2.05, 4.69) is 36.2 Å². The summed E-state index contributed by atoms with van der Waals surface area (Å²) in [7, 11) is 0. The van der Waals surface area contributed by atoms with Gasteiger partial charge in [0.1, 0.15) is 4.75 Å². The van der Waals surface area contributed by atoms with Crippen LogP contribution in [0.5, 0.6) is 0 Å². The van der Waals surface area contributed by atoms with E-state index >= 15 is 0 Å². The fraction of sp³-hybridized carbons (Fsp3) is 0.222. The molecule has 0 fully saturated rings. The summed E-state index contributed by atoms with van der Waals surface area (Å²) >= 11 is 2.97. The summed E-state index contributed by atoms with van der Waals surface area (Å²) in [6, 6.07) is 12.3. The van der Waals surface area contributed by atoms with Crippen LogP contribution in [0, 0.1) is 6.92 Å². The highest BCUT2D eigenvalue weighted by Crippen LogP contribution is 2.43. The van der Waals surface area contributed by atoms with Gasteiger partial charge < -0.3 is 5.11 Å². The molecule has 5 heteroatoms. The first-order valence-corrected chi connectivity index (χ1v) is 8.94. The number of hydrogen-bond acceptors (Lipinski definition) is 4. The Morgan fingerprint density at radius 3 is 2.52 bits per heavy atom. The molecule has 3 nitrogen and oxygen atoms in total. The quantitative estimate of drug-likeness (QED) is 0.659. The number of rotatable bonds is 4. The van der Waals surface area contributed by atoms with E-state index in [0.717, 1.165) is 26.2 Å². The maximum atomic E-state index is 11.5. The van der Waals surface area contributed by atoms with Gasteiger partial charge in [-0.15, -0.1) is 23.1 Å². The number of fused-ring (bicyclic) bond motifs is 1. The average Bonchev–Trinajstić information content (AvgIpc) is 2.96. The number of thioether (sulfide) groups is 1. The average molecular weight is 343 g/mol. The van der Waals surface area contributed by atoms with Crippen LogP contribution in [-0.4, -0.2) is 20.8 Å². The predicted octanol–water partition coefficient (Wildman–Crippen LogP) is 5.23. The third-order valence-corrected chi connectivity index (χ3v) is 5.79. The van der Waals surface area contributed by atoms with Gasteiger partial charge in [-0.05, 0) is 38.5 Å². The molecule has 0 spiro atoms. The summed E-state index contributed by atoms with van der Waals surface area (Å²) < 4.78 is 0.206.